The second kappa shape index (κ2) is 7.48. The van der Waals surface area contributed by atoms with E-state index in [1.165, 1.54) is 12.0 Å². The van der Waals surface area contributed by atoms with E-state index in [-0.39, 0.29) is 18.5 Å². The molecule has 0 fully saturated rings. The third-order valence-corrected chi connectivity index (χ3v) is 3.73. The molecule has 0 spiro atoms. The van der Waals surface area contributed by atoms with E-state index in [9.17, 15) is 4.79 Å². The topological polar surface area (TPSA) is 67.6 Å². The minimum atomic E-state index is -0.573. The summed E-state index contributed by atoms with van der Waals surface area (Å²) in [5, 5.41) is 4.91. The van der Waals surface area contributed by atoms with Crippen LogP contribution < -0.4 is 11.1 Å². The maximum Gasteiger partial charge on any atom is 0.250 e. The fourth-order valence-corrected chi connectivity index (χ4v) is 2.56. The van der Waals surface area contributed by atoms with Crippen molar-refractivity contribution in [3.8, 4) is 0 Å². The van der Waals surface area contributed by atoms with Crippen LogP contribution >= 0.6 is 11.3 Å². The van der Waals surface area contributed by atoms with E-state index in [2.05, 4.69) is 16.3 Å². The van der Waals surface area contributed by atoms with Crippen molar-refractivity contribution >= 4 is 17.2 Å². The predicted molar refractivity (Wildman–Crippen MR) is 73.6 cm³/mol. The van der Waals surface area contributed by atoms with Crippen molar-refractivity contribution in [1.29, 1.82) is 0 Å². The van der Waals surface area contributed by atoms with Crippen LogP contribution in [0.2, 0.25) is 0 Å². The minimum absolute atomic E-state index is 0.164. The van der Waals surface area contributed by atoms with Crippen LogP contribution in [0.1, 0.15) is 10.9 Å². The highest BCUT2D eigenvalue weighted by Gasteiger charge is 2.19. The number of nitrogens with two attached hydrogens (primary N) is 1. The Kier molecular flexibility index (Phi) is 6.28. The summed E-state index contributed by atoms with van der Waals surface area (Å²) in [7, 11) is 5.47. The van der Waals surface area contributed by atoms with Crippen molar-refractivity contribution in [2.75, 3.05) is 34.3 Å². The van der Waals surface area contributed by atoms with E-state index in [1.54, 1.807) is 11.3 Å². The second-order valence-corrected chi connectivity index (χ2v) is 5.18. The van der Waals surface area contributed by atoms with Gasteiger partial charge < -0.3 is 20.7 Å². The highest BCUT2D eigenvalue weighted by atomic mass is 32.1. The quantitative estimate of drug-likeness (QED) is 0.755. The molecule has 2 atom stereocenters. The van der Waals surface area contributed by atoms with Crippen molar-refractivity contribution < 1.29 is 9.53 Å². The van der Waals surface area contributed by atoms with E-state index in [0.717, 1.165) is 0 Å². The number of methoxy groups -OCH3 is 1. The highest BCUT2D eigenvalue weighted by Crippen LogP contribution is 2.22. The largest absolute Gasteiger partial charge is 0.370 e. The van der Waals surface area contributed by atoms with E-state index in [0.29, 0.717) is 6.54 Å². The van der Waals surface area contributed by atoms with Crippen molar-refractivity contribution in [3.63, 3.8) is 0 Å². The molecule has 0 aliphatic carbocycles. The number of nitrogens with zero attached hydrogens (tertiary/aromatic N) is 1. The van der Waals surface area contributed by atoms with E-state index < -0.39 is 6.10 Å². The summed E-state index contributed by atoms with van der Waals surface area (Å²) >= 11 is 1.68. The number of nitrogens with one attached hydrogen (secondary N) is 1. The van der Waals surface area contributed by atoms with Crippen molar-refractivity contribution in [3.05, 3.63) is 22.4 Å². The van der Waals surface area contributed by atoms with Crippen LogP contribution in [0.15, 0.2) is 17.5 Å². The fourth-order valence-electron chi connectivity index (χ4n) is 1.64. The van der Waals surface area contributed by atoms with Gasteiger partial charge in [-0.25, -0.2) is 0 Å². The first-order chi connectivity index (χ1) is 8.60. The molecule has 0 aromatic carbocycles. The number of carbonyl (C=O) groups is 1. The van der Waals surface area contributed by atoms with Crippen molar-refractivity contribution in [2.45, 2.75) is 12.1 Å². The average molecular weight is 271 g/mol. The average Bonchev–Trinajstić information content (AvgIpc) is 2.84. The van der Waals surface area contributed by atoms with Gasteiger partial charge in [0.25, 0.3) is 5.91 Å². The second-order valence-electron chi connectivity index (χ2n) is 4.20. The molecular weight excluding hydrogens is 250 g/mol. The normalized spacial score (nSPS) is 14.5. The number of rotatable bonds is 7. The number of hydrogen-bond acceptors (Lipinski definition) is 5. The van der Waals surface area contributed by atoms with Crippen LogP contribution in [0.3, 0.4) is 0 Å². The van der Waals surface area contributed by atoms with E-state index in [4.69, 9.17) is 10.5 Å². The van der Waals surface area contributed by atoms with Gasteiger partial charge in [0.1, 0.15) is 6.10 Å². The number of ether oxygens (including phenoxy) is 1. The molecule has 2 unspecified atom stereocenters. The lowest BCUT2D eigenvalue weighted by Gasteiger charge is -2.24. The standard InChI is InChI=1S/C12H21N3O2S/c1-15(2)9(11-5-4-6-18-11)8-14-12(16)10(7-13)17-3/h4-6,9-10H,7-8,13H2,1-3H3,(H,14,16). The molecule has 0 saturated heterocycles. The summed E-state index contributed by atoms with van der Waals surface area (Å²) in [6, 6.07) is 4.25. The molecule has 18 heavy (non-hydrogen) atoms. The summed E-state index contributed by atoms with van der Waals surface area (Å²) in [6.45, 7) is 0.736. The Morgan fingerprint density at radius 2 is 2.33 bits per heavy atom. The molecule has 1 rings (SSSR count). The predicted octanol–water partition coefficient (Wildman–Crippen LogP) is 0.441. The molecule has 0 aliphatic rings. The van der Waals surface area contributed by atoms with Crippen LogP contribution in [0.4, 0.5) is 0 Å². The maximum absolute atomic E-state index is 11.8. The molecule has 0 aliphatic heterocycles. The van der Waals surface area contributed by atoms with E-state index in [1.807, 2.05) is 25.5 Å². The fraction of sp³-hybridized carbons (Fsp3) is 0.583. The van der Waals surface area contributed by atoms with Crippen LogP contribution in [-0.4, -0.2) is 51.2 Å². The van der Waals surface area contributed by atoms with Crippen molar-refractivity contribution in [1.82, 2.24) is 10.2 Å². The highest BCUT2D eigenvalue weighted by molar-refractivity contribution is 7.10. The summed E-state index contributed by atoms with van der Waals surface area (Å²) in [4.78, 5) is 15.1. The zero-order chi connectivity index (χ0) is 13.5. The number of amides is 1. The molecule has 1 aromatic rings. The third-order valence-electron chi connectivity index (χ3n) is 2.76. The smallest absolute Gasteiger partial charge is 0.250 e. The summed E-state index contributed by atoms with van der Waals surface area (Å²) in [5.41, 5.74) is 5.45. The Labute approximate surface area is 112 Å². The van der Waals surface area contributed by atoms with Gasteiger partial charge >= 0.3 is 0 Å². The Morgan fingerprint density at radius 1 is 1.61 bits per heavy atom. The Morgan fingerprint density at radius 3 is 2.78 bits per heavy atom. The zero-order valence-electron chi connectivity index (χ0n) is 11.1. The zero-order valence-corrected chi connectivity index (χ0v) is 11.9. The Bertz CT molecular complexity index is 350. The van der Waals surface area contributed by atoms with Crippen molar-refractivity contribution in [2.24, 2.45) is 5.73 Å². The van der Waals surface area contributed by atoms with Gasteiger partial charge in [0.05, 0.1) is 6.04 Å². The van der Waals surface area contributed by atoms with Gasteiger partial charge in [-0.3, -0.25) is 4.79 Å². The molecule has 1 aromatic heterocycles. The molecule has 102 valence electrons. The first kappa shape index (κ1) is 15.1. The van der Waals surface area contributed by atoms with Gasteiger partial charge in [-0.2, -0.15) is 0 Å². The van der Waals surface area contributed by atoms with Gasteiger partial charge in [0, 0.05) is 25.1 Å². The van der Waals surface area contributed by atoms with Gasteiger partial charge in [-0.05, 0) is 25.5 Å². The molecule has 0 radical (unpaired) electrons. The number of likely N-dealkylation sites (N-methyl/N-ethyl adjacent to an activating group) is 1. The van der Waals surface area contributed by atoms with E-state index >= 15 is 0 Å². The number of thiophene rings is 1. The van der Waals surface area contributed by atoms with Crippen LogP contribution in [0.5, 0.6) is 0 Å². The van der Waals surface area contributed by atoms with Crippen LogP contribution in [-0.2, 0) is 9.53 Å². The Hall–Kier alpha value is -0.950. The Balaban J connectivity index is 2.56. The lowest BCUT2D eigenvalue weighted by atomic mass is 10.2. The molecule has 3 N–H and O–H groups in total. The maximum atomic E-state index is 11.8. The van der Waals surface area contributed by atoms with Gasteiger partial charge in [0.2, 0.25) is 0 Å². The van der Waals surface area contributed by atoms with Crippen LogP contribution in [0.25, 0.3) is 0 Å². The lowest BCUT2D eigenvalue weighted by molar-refractivity contribution is -0.130. The first-order valence-electron chi connectivity index (χ1n) is 5.80. The number of carbonyl (C=O) groups excluding carboxylic acids is 1. The molecule has 0 saturated carbocycles. The lowest BCUT2D eigenvalue weighted by Crippen LogP contribution is -2.43. The SMILES string of the molecule is COC(CN)C(=O)NCC(c1cccs1)N(C)C. The molecule has 0 bridgehead atoms. The summed E-state index contributed by atoms with van der Waals surface area (Å²) in [5.74, 6) is -0.164. The van der Waals surface area contributed by atoms with Gasteiger partial charge in [-0.1, -0.05) is 6.07 Å². The first-order valence-corrected chi connectivity index (χ1v) is 6.68. The summed E-state index contributed by atoms with van der Waals surface area (Å²) in [6.07, 6.45) is -0.573. The molecule has 1 amide bonds. The molecular formula is C12H21N3O2S. The third kappa shape index (κ3) is 4.06. The monoisotopic (exact) mass is 271 g/mol. The minimum Gasteiger partial charge on any atom is -0.370 e. The molecule has 6 heteroatoms. The van der Waals surface area contributed by atoms with Gasteiger partial charge in [-0.15, -0.1) is 11.3 Å². The molecule has 5 nitrogen and oxygen atoms in total. The number of hydrogen-bond donors (Lipinski definition) is 2. The summed E-state index contributed by atoms with van der Waals surface area (Å²) < 4.78 is 5.00. The van der Waals surface area contributed by atoms with Gasteiger partial charge in [0.15, 0.2) is 0 Å². The molecule has 1 heterocycles. The van der Waals surface area contributed by atoms with Crippen LogP contribution in [0, 0.1) is 0 Å².